The van der Waals surface area contributed by atoms with Gasteiger partial charge in [0, 0.05) is 6.42 Å². The van der Waals surface area contributed by atoms with Crippen LogP contribution in [0.5, 0.6) is 0 Å². The van der Waals surface area contributed by atoms with Crippen molar-refractivity contribution in [2.75, 3.05) is 14.1 Å². The average Bonchev–Trinajstić information content (AvgIpc) is 2.22. The van der Waals surface area contributed by atoms with E-state index in [4.69, 9.17) is 10.2 Å². The van der Waals surface area contributed by atoms with Crippen molar-refractivity contribution >= 4 is 12.4 Å². The van der Waals surface area contributed by atoms with Crippen molar-refractivity contribution in [3.63, 3.8) is 0 Å². The summed E-state index contributed by atoms with van der Waals surface area (Å²) in [4.78, 5) is 0. The van der Waals surface area contributed by atoms with Crippen LogP contribution in [0.3, 0.4) is 0 Å². The van der Waals surface area contributed by atoms with Crippen molar-refractivity contribution in [3.8, 4) is 0 Å². The molecule has 0 aromatic carbocycles. The Labute approximate surface area is 61.5 Å². The van der Waals surface area contributed by atoms with Crippen molar-refractivity contribution in [1.82, 2.24) is 5.32 Å². The molecule has 1 fully saturated rings. The fourth-order valence-electron chi connectivity index (χ4n) is 0.169. The molecule has 0 radical (unpaired) electrons. The van der Waals surface area contributed by atoms with Crippen LogP contribution in [0.1, 0.15) is 6.42 Å². The third kappa shape index (κ3) is 8.17. The summed E-state index contributed by atoms with van der Waals surface area (Å²) in [7, 11) is 3.75. The van der Waals surface area contributed by atoms with Gasteiger partial charge < -0.3 is 15.5 Å². The number of hydrogen-bond acceptors (Lipinski definition) is 3. The summed E-state index contributed by atoms with van der Waals surface area (Å²) in [6.45, 7) is 0. The van der Waals surface area contributed by atoms with Crippen LogP contribution in [0.25, 0.3) is 0 Å². The summed E-state index contributed by atoms with van der Waals surface area (Å²) < 4.78 is 0. The van der Waals surface area contributed by atoms with Crippen LogP contribution in [0.15, 0.2) is 0 Å². The molecule has 9 heavy (non-hydrogen) atoms. The molecule has 0 aromatic heterocycles. The van der Waals surface area contributed by atoms with Crippen LogP contribution in [-0.4, -0.2) is 36.5 Å². The van der Waals surface area contributed by atoms with E-state index in [1.165, 1.54) is 0 Å². The highest BCUT2D eigenvalue weighted by molar-refractivity contribution is 5.85. The molecule has 0 heterocycles. The van der Waals surface area contributed by atoms with E-state index in [9.17, 15) is 0 Å². The lowest BCUT2D eigenvalue weighted by Gasteiger charge is -1.69. The van der Waals surface area contributed by atoms with Crippen molar-refractivity contribution in [1.29, 1.82) is 0 Å². The Balaban J connectivity index is 0. The minimum Gasteiger partial charge on any atom is -0.390 e. The zero-order valence-electron chi connectivity index (χ0n) is 5.66. The van der Waals surface area contributed by atoms with Gasteiger partial charge in [0.15, 0.2) is 0 Å². The van der Waals surface area contributed by atoms with Crippen molar-refractivity contribution in [3.05, 3.63) is 0 Å². The van der Waals surface area contributed by atoms with Gasteiger partial charge in [0.05, 0.1) is 12.2 Å². The first-order valence-electron chi connectivity index (χ1n) is 2.67. The SMILES string of the molecule is CNC.Cl.OC1CC1O. The quantitative estimate of drug-likeness (QED) is 0.437. The molecule has 0 aromatic rings. The van der Waals surface area contributed by atoms with E-state index in [0.29, 0.717) is 6.42 Å². The largest absolute Gasteiger partial charge is 0.390 e. The summed E-state index contributed by atoms with van der Waals surface area (Å²) in [5.41, 5.74) is 0. The first-order chi connectivity index (χ1) is 3.72. The van der Waals surface area contributed by atoms with Crippen LogP contribution in [0, 0.1) is 0 Å². The van der Waals surface area contributed by atoms with Gasteiger partial charge in [-0.2, -0.15) is 0 Å². The highest BCUT2D eigenvalue weighted by atomic mass is 35.5. The molecule has 1 aliphatic carbocycles. The number of aliphatic hydroxyl groups excluding tert-OH is 2. The Morgan fingerprint density at radius 2 is 1.33 bits per heavy atom. The van der Waals surface area contributed by atoms with Crippen LogP contribution in [-0.2, 0) is 0 Å². The number of hydrogen-bond donors (Lipinski definition) is 3. The van der Waals surface area contributed by atoms with Gasteiger partial charge >= 0.3 is 0 Å². The molecule has 1 saturated carbocycles. The topological polar surface area (TPSA) is 52.5 Å². The maximum Gasteiger partial charge on any atom is 0.0825 e. The molecule has 2 atom stereocenters. The molecule has 0 spiro atoms. The minimum absolute atomic E-state index is 0. The second-order valence-corrected chi connectivity index (χ2v) is 1.87. The van der Waals surface area contributed by atoms with Crippen molar-refractivity contribution in [2.24, 2.45) is 0 Å². The predicted octanol–water partition coefficient (Wildman–Crippen LogP) is -0.631. The Kier molecular flexibility index (Phi) is 8.32. The molecule has 3 nitrogen and oxygen atoms in total. The van der Waals surface area contributed by atoms with E-state index in [1.807, 2.05) is 14.1 Å². The molecular formula is C5H14ClNO2. The van der Waals surface area contributed by atoms with Gasteiger partial charge in [-0.3, -0.25) is 0 Å². The minimum atomic E-state index is -0.394. The average molecular weight is 156 g/mol. The highest BCUT2D eigenvalue weighted by Gasteiger charge is 2.32. The lowest BCUT2D eigenvalue weighted by molar-refractivity contribution is 0.180. The van der Waals surface area contributed by atoms with Gasteiger partial charge in [0.1, 0.15) is 0 Å². The van der Waals surface area contributed by atoms with E-state index < -0.39 is 12.2 Å². The summed E-state index contributed by atoms with van der Waals surface area (Å²) in [5.74, 6) is 0. The van der Waals surface area contributed by atoms with E-state index in [1.54, 1.807) is 0 Å². The monoisotopic (exact) mass is 155 g/mol. The van der Waals surface area contributed by atoms with Gasteiger partial charge in [-0.1, -0.05) is 0 Å². The second kappa shape index (κ2) is 6.29. The van der Waals surface area contributed by atoms with Crippen molar-refractivity contribution in [2.45, 2.75) is 18.6 Å². The lowest BCUT2D eigenvalue weighted by atomic mass is 10.8. The first-order valence-corrected chi connectivity index (χ1v) is 2.67. The molecule has 1 rings (SSSR count). The first kappa shape index (κ1) is 11.9. The number of nitrogens with one attached hydrogen (secondary N) is 1. The van der Waals surface area contributed by atoms with Gasteiger partial charge in [-0.25, -0.2) is 0 Å². The van der Waals surface area contributed by atoms with Gasteiger partial charge in [-0.15, -0.1) is 12.4 Å². The van der Waals surface area contributed by atoms with Crippen LogP contribution in [0.2, 0.25) is 0 Å². The van der Waals surface area contributed by atoms with E-state index in [0.717, 1.165) is 0 Å². The zero-order valence-corrected chi connectivity index (χ0v) is 6.48. The molecular weight excluding hydrogens is 142 g/mol. The molecule has 0 bridgehead atoms. The molecule has 3 N–H and O–H groups in total. The van der Waals surface area contributed by atoms with E-state index >= 15 is 0 Å². The van der Waals surface area contributed by atoms with E-state index in [-0.39, 0.29) is 12.4 Å². The fraction of sp³-hybridized carbons (Fsp3) is 1.00. The van der Waals surface area contributed by atoms with Crippen molar-refractivity contribution < 1.29 is 10.2 Å². The second-order valence-electron chi connectivity index (χ2n) is 1.87. The Hall–Kier alpha value is 0.170. The lowest BCUT2D eigenvalue weighted by Crippen LogP contribution is -1.89. The highest BCUT2D eigenvalue weighted by Crippen LogP contribution is 2.18. The number of halogens is 1. The summed E-state index contributed by atoms with van der Waals surface area (Å²) >= 11 is 0. The molecule has 2 unspecified atom stereocenters. The third-order valence-corrected chi connectivity index (χ3v) is 0.724. The molecule has 1 aliphatic rings. The summed E-state index contributed by atoms with van der Waals surface area (Å²) in [6.07, 6.45) is -0.204. The van der Waals surface area contributed by atoms with Gasteiger partial charge in [-0.05, 0) is 14.1 Å². The number of rotatable bonds is 0. The molecule has 4 heteroatoms. The smallest absolute Gasteiger partial charge is 0.0825 e. The third-order valence-electron chi connectivity index (χ3n) is 0.724. The summed E-state index contributed by atoms with van der Waals surface area (Å²) in [5, 5.41) is 19.1. The molecule has 0 aliphatic heterocycles. The maximum absolute atomic E-state index is 8.19. The van der Waals surface area contributed by atoms with Crippen LogP contribution < -0.4 is 5.32 Å². The fourth-order valence-corrected chi connectivity index (χ4v) is 0.169. The molecule has 58 valence electrons. The molecule has 0 amide bonds. The predicted molar refractivity (Wildman–Crippen MR) is 38.9 cm³/mol. The summed E-state index contributed by atoms with van der Waals surface area (Å²) in [6, 6.07) is 0. The normalized spacial score (nSPS) is 29.3. The van der Waals surface area contributed by atoms with Crippen LogP contribution in [0.4, 0.5) is 0 Å². The Morgan fingerprint density at radius 3 is 1.33 bits per heavy atom. The zero-order chi connectivity index (χ0) is 6.57. The standard InChI is InChI=1S/C3H6O2.C2H7N.ClH/c4-2-1-3(2)5;1-3-2;/h2-5H,1H2;3H,1-2H3;1H. The van der Waals surface area contributed by atoms with E-state index in [2.05, 4.69) is 5.32 Å². The Morgan fingerprint density at radius 1 is 1.22 bits per heavy atom. The van der Waals surface area contributed by atoms with Gasteiger partial charge in [0.2, 0.25) is 0 Å². The number of aliphatic hydroxyl groups is 2. The van der Waals surface area contributed by atoms with Gasteiger partial charge in [0.25, 0.3) is 0 Å². The molecule has 0 saturated heterocycles. The van der Waals surface area contributed by atoms with Crippen LogP contribution >= 0.6 is 12.4 Å². The maximum atomic E-state index is 8.19. The Bertz CT molecular complexity index is 56.9.